The van der Waals surface area contributed by atoms with E-state index in [1.807, 2.05) is 6.92 Å². The van der Waals surface area contributed by atoms with Gasteiger partial charge in [-0.15, -0.1) is 11.3 Å². The van der Waals surface area contributed by atoms with Crippen LogP contribution < -0.4 is 5.32 Å². The molecule has 0 radical (unpaired) electrons. The Kier molecular flexibility index (Phi) is 4.74. The number of morpholine rings is 1. The molecule has 0 unspecified atom stereocenters. The van der Waals surface area contributed by atoms with Crippen LogP contribution in [0.1, 0.15) is 15.5 Å². The fourth-order valence-electron chi connectivity index (χ4n) is 1.88. The molecule has 0 aromatic carbocycles. The summed E-state index contributed by atoms with van der Waals surface area (Å²) < 4.78 is 29.8. The Morgan fingerprint density at radius 1 is 1.65 bits per heavy atom. The van der Waals surface area contributed by atoms with Crippen molar-refractivity contribution in [3.05, 3.63) is 16.1 Å². The van der Waals surface area contributed by atoms with Gasteiger partial charge in [0.2, 0.25) is 10.0 Å². The Morgan fingerprint density at radius 3 is 3.00 bits per heavy atom. The van der Waals surface area contributed by atoms with Crippen LogP contribution in [0.15, 0.2) is 5.38 Å². The van der Waals surface area contributed by atoms with Gasteiger partial charge in [-0.25, -0.2) is 13.4 Å². The van der Waals surface area contributed by atoms with Gasteiger partial charge in [-0.05, 0) is 6.92 Å². The summed E-state index contributed by atoms with van der Waals surface area (Å²) in [5.41, 5.74) is 0.378. The molecule has 0 bridgehead atoms. The van der Waals surface area contributed by atoms with Gasteiger partial charge in [0.05, 0.1) is 24.0 Å². The Morgan fingerprint density at radius 2 is 2.40 bits per heavy atom. The SMILES string of the molecule is Cc1nc(C(=O)NC[C@H]2CN(S(C)(=O)=O)CCO2)cs1. The Bertz CT molecular complexity index is 584. The molecule has 9 heteroatoms. The molecule has 1 atom stereocenters. The standard InChI is InChI=1S/C11H17N3O4S2/c1-8-13-10(7-19-8)11(15)12-5-9-6-14(3-4-18-9)20(2,16)17/h7,9H,3-6H2,1-2H3,(H,12,15)/t9-/m0/s1. The molecule has 2 rings (SSSR count). The van der Waals surface area contributed by atoms with Crippen molar-refractivity contribution in [2.45, 2.75) is 13.0 Å². The minimum absolute atomic E-state index is 0.259. The number of hydrogen-bond acceptors (Lipinski definition) is 6. The summed E-state index contributed by atoms with van der Waals surface area (Å²) in [6.07, 6.45) is 0.841. The Hall–Kier alpha value is -1.03. The van der Waals surface area contributed by atoms with Crippen molar-refractivity contribution >= 4 is 27.3 Å². The van der Waals surface area contributed by atoms with E-state index in [1.165, 1.54) is 21.9 Å². The van der Waals surface area contributed by atoms with Crippen molar-refractivity contribution in [2.75, 3.05) is 32.5 Å². The van der Waals surface area contributed by atoms with Crippen LogP contribution in [0, 0.1) is 6.92 Å². The highest BCUT2D eigenvalue weighted by Crippen LogP contribution is 2.10. The fourth-order valence-corrected chi connectivity index (χ4v) is 3.32. The highest BCUT2D eigenvalue weighted by Gasteiger charge is 2.26. The molecule has 0 spiro atoms. The molecule has 1 aliphatic rings. The average molecular weight is 319 g/mol. The van der Waals surface area contributed by atoms with Crippen molar-refractivity contribution in [1.29, 1.82) is 0 Å². The average Bonchev–Trinajstić information content (AvgIpc) is 2.82. The third-order valence-corrected chi connectivity index (χ3v) is 4.96. The number of sulfonamides is 1. The van der Waals surface area contributed by atoms with Gasteiger partial charge in [0.15, 0.2) is 0 Å². The normalized spacial score (nSPS) is 20.8. The Labute approximate surface area is 122 Å². The van der Waals surface area contributed by atoms with E-state index in [0.29, 0.717) is 18.8 Å². The number of ether oxygens (including phenoxy) is 1. The summed E-state index contributed by atoms with van der Waals surface area (Å²) in [6, 6.07) is 0. The van der Waals surface area contributed by atoms with Crippen LogP contribution in [0.2, 0.25) is 0 Å². The first kappa shape index (κ1) is 15.4. The second kappa shape index (κ2) is 6.17. The predicted octanol–water partition coefficient (Wildman–Crippen LogP) is -0.158. The van der Waals surface area contributed by atoms with E-state index in [0.717, 1.165) is 5.01 Å². The molecule has 0 saturated carbocycles. The summed E-state index contributed by atoms with van der Waals surface area (Å²) in [6.45, 7) is 3.05. The number of thiazole rings is 1. The summed E-state index contributed by atoms with van der Waals surface area (Å²) in [5.74, 6) is -0.269. The molecule has 2 heterocycles. The fraction of sp³-hybridized carbons (Fsp3) is 0.636. The maximum Gasteiger partial charge on any atom is 0.270 e. The number of aromatic nitrogens is 1. The molecule has 20 heavy (non-hydrogen) atoms. The molecule has 1 saturated heterocycles. The number of nitrogens with one attached hydrogen (secondary N) is 1. The smallest absolute Gasteiger partial charge is 0.270 e. The molecule has 1 aliphatic heterocycles. The number of nitrogens with zero attached hydrogens (tertiary/aromatic N) is 2. The van der Waals surface area contributed by atoms with Crippen molar-refractivity contribution in [1.82, 2.24) is 14.6 Å². The van der Waals surface area contributed by atoms with E-state index in [-0.39, 0.29) is 25.1 Å². The van der Waals surface area contributed by atoms with Gasteiger partial charge in [0, 0.05) is 25.0 Å². The lowest BCUT2D eigenvalue weighted by Gasteiger charge is -2.31. The summed E-state index contributed by atoms with van der Waals surface area (Å²) >= 11 is 1.41. The molecule has 1 amide bonds. The van der Waals surface area contributed by atoms with Gasteiger partial charge < -0.3 is 10.1 Å². The summed E-state index contributed by atoms with van der Waals surface area (Å²) in [7, 11) is -3.22. The first-order valence-electron chi connectivity index (χ1n) is 6.13. The van der Waals surface area contributed by atoms with Crippen molar-refractivity contribution < 1.29 is 17.9 Å². The molecule has 1 aromatic rings. The zero-order chi connectivity index (χ0) is 14.8. The third-order valence-electron chi connectivity index (χ3n) is 2.91. The van der Waals surface area contributed by atoms with Gasteiger partial charge in [-0.2, -0.15) is 4.31 Å². The molecule has 1 fully saturated rings. The lowest BCUT2D eigenvalue weighted by molar-refractivity contribution is 0.000415. The van der Waals surface area contributed by atoms with E-state index in [4.69, 9.17) is 4.74 Å². The van der Waals surface area contributed by atoms with E-state index < -0.39 is 10.0 Å². The molecule has 1 N–H and O–H groups in total. The van der Waals surface area contributed by atoms with Gasteiger partial charge in [0.25, 0.3) is 5.91 Å². The number of amides is 1. The quantitative estimate of drug-likeness (QED) is 0.833. The zero-order valence-corrected chi connectivity index (χ0v) is 13.0. The first-order valence-corrected chi connectivity index (χ1v) is 8.86. The zero-order valence-electron chi connectivity index (χ0n) is 11.3. The number of carbonyl (C=O) groups excluding carboxylic acids is 1. The summed E-state index contributed by atoms with van der Waals surface area (Å²) in [5, 5.41) is 5.23. The molecule has 1 aromatic heterocycles. The molecular formula is C11H17N3O4S2. The number of carbonyl (C=O) groups is 1. The van der Waals surface area contributed by atoms with Crippen LogP contribution in [-0.4, -0.2) is 62.2 Å². The van der Waals surface area contributed by atoms with Crippen LogP contribution in [0.25, 0.3) is 0 Å². The topological polar surface area (TPSA) is 88.6 Å². The number of aryl methyl sites for hydroxylation is 1. The van der Waals surface area contributed by atoms with Crippen LogP contribution in [0.5, 0.6) is 0 Å². The third kappa shape index (κ3) is 3.98. The van der Waals surface area contributed by atoms with Crippen molar-refractivity contribution in [2.24, 2.45) is 0 Å². The minimum Gasteiger partial charge on any atom is -0.374 e. The highest BCUT2D eigenvalue weighted by atomic mass is 32.2. The van der Waals surface area contributed by atoms with Gasteiger partial charge in [0.1, 0.15) is 5.69 Å². The van der Waals surface area contributed by atoms with E-state index >= 15 is 0 Å². The monoisotopic (exact) mass is 319 g/mol. The van der Waals surface area contributed by atoms with Crippen LogP contribution in [0.3, 0.4) is 0 Å². The van der Waals surface area contributed by atoms with Crippen molar-refractivity contribution in [3.8, 4) is 0 Å². The lowest BCUT2D eigenvalue weighted by Crippen LogP contribution is -2.49. The highest BCUT2D eigenvalue weighted by molar-refractivity contribution is 7.88. The maximum absolute atomic E-state index is 11.8. The van der Waals surface area contributed by atoms with Gasteiger partial charge >= 0.3 is 0 Å². The Balaban J connectivity index is 1.86. The largest absolute Gasteiger partial charge is 0.374 e. The van der Waals surface area contributed by atoms with Crippen LogP contribution in [-0.2, 0) is 14.8 Å². The summed E-state index contributed by atoms with van der Waals surface area (Å²) in [4.78, 5) is 15.9. The maximum atomic E-state index is 11.8. The lowest BCUT2D eigenvalue weighted by atomic mass is 10.3. The van der Waals surface area contributed by atoms with Crippen LogP contribution >= 0.6 is 11.3 Å². The number of rotatable bonds is 4. The van der Waals surface area contributed by atoms with Gasteiger partial charge in [-0.3, -0.25) is 4.79 Å². The number of hydrogen-bond donors (Lipinski definition) is 1. The molecule has 7 nitrogen and oxygen atoms in total. The predicted molar refractivity (Wildman–Crippen MR) is 75.3 cm³/mol. The minimum atomic E-state index is -3.22. The second-order valence-electron chi connectivity index (χ2n) is 4.58. The van der Waals surface area contributed by atoms with E-state index in [9.17, 15) is 13.2 Å². The molecule has 112 valence electrons. The first-order chi connectivity index (χ1) is 9.36. The van der Waals surface area contributed by atoms with E-state index in [2.05, 4.69) is 10.3 Å². The second-order valence-corrected chi connectivity index (χ2v) is 7.62. The molecular weight excluding hydrogens is 302 g/mol. The van der Waals surface area contributed by atoms with Crippen LogP contribution in [0.4, 0.5) is 0 Å². The van der Waals surface area contributed by atoms with Gasteiger partial charge in [-0.1, -0.05) is 0 Å². The van der Waals surface area contributed by atoms with Crippen molar-refractivity contribution in [3.63, 3.8) is 0 Å². The van der Waals surface area contributed by atoms with E-state index in [1.54, 1.807) is 5.38 Å². The molecule has 0 aliphatic carbocycles.